The number of hydrogen-bond acceptors (Lipinski definition) is 4. The summed E-state index contributed by atoms with van der Waals surface area (Å²) in [7, 11) is 0. The van der Waals surface area contributed by atoms with Crippen LogP contribution in [0.3, 0.4) is 0 Å². The van der Waals surface area contributed by atoms with E-state index in [1.807, 2.05) is 0 Å². The van der Waals surface area contributed by atoms with Crippen LogP contribution in [0, 0.1) is 5.92 Å². The zero-order chi connectivity index (χ0) is 22.0. The first-order valence-electron chi connectivity index (χ1n) is 9.74. The first-order chi connectivity index (χ1) is 14.8. The molecule has 1 aromatic carbocycles. The zero-order valence-corrected chi connectivity index (χ0v) is 16.3. The van der Waals surface area contributed by atoms with Crippen molar-refractivity contribution in [3.8, 4) is 11.3 Å². The molecule has 1 amide bonds. The van der Waals surface area contributed by atoms with Crippen LogP contribution < -0.4 is 5.32 Å². The van der Waals surface area contributed by atoms with Gasteiger partial charge in [-0.05, 0) is 49.1 Å². The van der Waals surface area contributed by atoms with Gasteiger partial charge in [-0.2, -0.15) is 13.2 Å². The minimum Gasteiger partial charge on any atom is -0.352 e. The average Bonchev–Trinajstić information content (AvgIpc) is 3.61. The summed E-state index contributed by atoms with van der Waals surface area (Å²) in [4.78, 5) is 33.0. The molecule has 1 aliphatic rings. The fourth-order valence-corrected chi connectivity index (χ4v) is 3.11. The van der Waals surface area contributed by atoms with E-state index >= 15 is 0 Å². The van der Waals surface area contributed by atoms with Crippen molar-refractivity contribution < 1.29 is 22.8 Å². The van der Waals surface area contributed by atoms with Gasteiger partial charge in [-0.25, -0.2) is 0 Å². The van der Waals surface area contributed by atoms with Gasteiger partial charge in [0.25, 0.3) is 5.91 Å². The fraction of sp³-hybridized carbons (Fsp3) is 0.217. The van der Waals surface area contributed by atoms with Crippen molar-refractivity contribution in [3.63, 3.8) is 0 Å². The lowest BCUT2D eigenvalue weighted by Gasteiger charge is -2.11. The Morgan fingerprint density at radius 2 is 1.74 bits per heavy atom. The largest absolute Gasteiger partial charge is 0.417 e. The van der Waals surface area contributed by atoms with E-state index in [0.29, 0.717) is 29.3 Å². The third-order valence-electron chi connectivity index (χ3n) is 5.04. The van der Waals surface area contributed by atoms with E-state index in [1.165, 1.54) is 30.6 Å². The van der Waals surface area contributed by atoms with Crippen molar-refractivity contribution in [2.45, 2.75) is 19.0 Å². The lowest BCUT2D eigenvalue weighted by atomic mass is 10.0. The van der Waals surface area contributed by atoms with Crippen molar-refractivity contribution in [2.75, 3.05) is 6.54 Å². The number of pyridine rings is 2. The van der Waals surface area contributed by atoms with E-state index in [-0.39, 0.29) is 11.6 Å². The topological polar surface area (TPSA) is 72.0 Å². The first-order valence-corrected chi connectivity index (χ1v) is 9.74. The summed E-state index contributed by atoms with van der Waals surface area (Å²) in [6.45, 7) is 0.664. The van der Waals surface area contributed by atoms with Gasteiger partial charge in [0.2, 0.25) is 5.78 Å². The molecule has 0 unspecified atom stereocenters. The maximum absolute atomic E-state index is 13.2. The average molecular weight is 425 g/mol. The number of aromatic nitrogens is 2. The monoisotopic (exact) mass is 425 g/mol. The van der Waals surface area contributed by atoms with Gasteiger partial charge in [0.05, 0.1) is 16.8 Å². The third-order valence-corrected chi connectivity index (χ3v) is 5.04. The number of rotatable bonds is 6. The molecule has 3 aromatic rings. The Morgan fingerprint density at radius 1 is 0.968 bits per heavy atom. The summed E-state index contributed by atoms with van der Waals surface area (Å²) in [6.07, 6.45) is 0.479. The van der Waals surface area contributed by atoms with Crippen LogP contribution in [0.4, 0.5) is 13.2 Å². The van der Waals surface area contributed by atoms with E-state index in [0.717, 1.165) is 25.0 Å². The number of halogens is 3. The summed E-state index contributed by atoms with van der Waals surface area (Å²) in [5.41, 5.74) is -0.00556. The number of benzene rings is 1. The second-order valence-corrected chi connectivity index (χ2v) is 7.39. The van der Waals surface area contributed by atoms with Gasteiger partial charge in [0, 0.05) is 30.1 Å². The maximum Gasteiger partial charge on any atom is 0.417 e. The molecule has 31 heavy (non-hydrogen) atoms. The van der Waals surface area contributed by atoms with Gasteiger partial charge in [0.1, 0.15) is 5.69 Å². The summed E-state index contributed by atoms with van der Waals surface area (Å²) in [5, 5.41) is 2.86. The molecule has 4 rings (SSSR count). The van der Waals surface area contributed by atoms with Crippen molar-refractivity contribution in [1.82, 2.24) is 15.3 Å². The van der Waals surface area contributed by atoms with Gasteiger partial charge in [0.15, 0.2) is 0 Å². The quantitative estimate of drug-likeness (QED) is 0.589. The smallest absolute Gasteiger partial charge is 0.352 e. The van der Waals surface area contributed by atoms with E-state index in [1.54, 1.807) is 18.2 Å². The van der Waals surface area contributed by atoms with Crippen LogP contribution >= 0.6 is 0 Å². The van der Waals surface area contributed by atoms with Crippen LogP contribution in [0.25, 0.3) is 11.3 Å². The Hall–Kier alpha value is -3.55. The van der Waals surface area contributed by atoms with Crippen molar-refractivity contribution >= 4 is 11.7 Å². The first kappa shape index (κ1) is 20.7. The Labute approximate surface area is 176 Å². The van der Waals surface area contributed by atoms with Gasteiger partial charge >= 0.3 is 6.18 Å². The predicted molar refractivity (Wildman–Crippen MR) is 107 cm³/mol. The summed E-state index contributed by atoms with van der Waals surface area (Å²) in [5.74, 6) is -0.421. The van der Waals surface area contributed by atoms with Gasteiger partial charge in [-0.3, -0.25) is 19.6 Å². The summed E-state index contributed by atoms with van der Waals surface area (Å²) >= 11 is 0. The molecule has 1 saturated carbocycles. The van der Waals surface area contributed by atoms with Gasteiger partial charge in [-0.15, -0.1) is 0 Å². The van der Waals surface area contributed by atoms with Crippen LogP contribution in [0.5, 0.6) is 0 Å². The van der Waals surface area contributed by atoms with Crippen LogP contribution in [0.15, 0.2) is 60.9 Å². The van der Waals surface area contributed by atoms with Crippen LogP contribution in [-0.4, -0.2) is 28.2 Å². The molecule has 5 nitrogen and oxygen atoms in total. The molecule has 8 heteroatoms. The molecule has 0 radical (unpaired) electrons. The van der Waals surface area contributed by atoms with Crippen LogP contribution in [0.2, 0.25) is 0 Å². The van der Waals surface area contributed by atoms with Gasteiger partial charge < -0.3 is 5.32 Å². The molecule has 2 aromatic heterocycles. The molecule has 1 aliphatic carbocycles. The SMILES string of the molecule is O=C(NCC1CC1)c1ccc(-c2ccc(C(=O)c3ccccc3C(F)(F)F)nc2)nc1. The molecular weight excluding hydrogens is 407 g/mol. The van der Waals surface area contributed by atoms with Crippen molar-refractivity contribution in [2.24, 2.45) is 5.92 Å². The van der Waals surface area contributed by atoms with E-state index in [4.69, 9.17) is 0 Å². The van der Waals surface area contributed by atoms with E-state index < -0.39 is 23.1 Å². The number of hydrogen-bond donors (Lipinski definition) is 1. The minimum absolute atomic E-state index is 0.100. The molecular formula is C23H18F3N3O2. The number of alkyl halides is 3. The fourth-order valence-electron chi connectivity index (χ4n) is 3.11. The highest BCUT2D eigenvalue weighted by atomic mass is 19.4. The highest BCUT2D eigenvalue weighted by molar-refractivity contribution is 6.08. The molecule has 0 aliphatic heterocycles. The number of carbonyl (C=O) groups excluding carboxylic acids is 2. The number of nitrogens with zero attached hydrogens (tertiary/aromatic N) is 2. The molecule has 0 atom stereocenters. The Bertz CT molecular complexity index is 1110. The van der Waals surface area contributed by atoms with E-state index in [2.05, 4.69) is 15.3 Å². The van der Waals surface area contributed by atoms with Gasteiger partial charge in [-0.1, -0.05) is 18.2 Å². The molecule has 1 fully saturated rings. The van der Waals surface area contributed by atoms with Crippen molar-refractivity contribution in [3.05, 3.63) is 83.3 Å². The zero-order valence-electron chi connectivity index (χ0n) is 16.3. The molecule has 0 saturated heterocycles. The minimum atomic E-state index is -4.64. The molecule has 1 N–H and O–H groups in total. The normalized spacial score (nSPS) is 13.6. The summed E-state index contributed by atoms with van der Waals surface area (Å²) in [6, 6.07) is 10.8. The lowest BCUT2D eigenvalue weighted by molar-refractivity contribution is -0.137. The van der Waals surface area contributed by atoms with Crippen LogP contribution in [-0.2, 0) is 6.18 Å². The highest BCUT2D eigenvalue weighted by Crippen LogP contribution is 2.32. The Kier molecular flexibility index (Phi) is 5.54. The summed E-state index contributed by atoms with van der Waals surface area (Å²) < 4.78 is 39.5. The second-order valence-electron chi connectivity index (χ2n) is 7.39. The standard InChI is InChI=1S/C23H18F3N3O2/c24-23(25,26)18-4-2-1-3-17(18)21(30)20-10-7-15(12-28-20)19-9-8-16(13-27-19)22(31)29-11-14-5-6-14/h1-4,7-10,12-14H,5-6,11H2,(H,29,31). The Morgan fingerprint density at radius 3 is 2.35 bits per heavy atom. The molecule has 0 bridgehead atoms. The number of carbonyl (C=O) groups is 2. The Balaban J connectivity index is 1.49. The highest BCUT2D eigenvalue weighted by Gasteiger charge is 2.35. The second kappa shape index (κ2) is 8.29. The van der Waals surface area contributed by atoms with Crippen molar-refractivity contribution in [1.29, 1.82) is 0 Å². The lowest BCUT2D eigenvalue weighted by Crippen LogP contribution is -2.25. The van der Waals surface area contributed by atoms with Crippen LogP contribution in [0.1, 0.15) is 44.8 Å². The van der Waals surface area contributed by atoms with E-state index in [9.17, 15) is 22.8 Å². The predicted octanol–water partition coefficient (Wildman–Crippen LogP) is 4.53. The molecule has 2 heterocycles. The maximum atomic E-state index is 13.2. The molecule has 0 spiro atoms. The number of ketones is 1. The third kappa shape index (κ3) is 4.79. The molecule has 158 valence electrons. The number of amides is 1. The number of nitrogens with one attached hydrogen (secondary N) is 1.